The number of carbonyl (C=O) groups is 2. The average molecular weight is 286 g/mol. The van der Waals surface area contributed by atoms with Crippen LogP contribution < -0.4 is 0 Å². The molecular formula is C14H14N4O3. The maximum absolute atomic E-state index is 12.3. The van der Waals surface area contributed by atoms with Crippen molar-refractivity contribution in [1.29, 1.82) is 0 Å². The number of carboxylic acid groups (broad SMARTS) is 1. The number of aromatic amines is 1. The highest BCUT2D eigenvalue weighted by atomic mass is 16.4. The molecule has 0 fully saturated rings. The number of aromatic carboxylic acids is 1. The Balaban J connectivity index is 1.80. The van der Waals surface area contributed by atoms with E-state index in [0.29, 0.717) is 25.3 Å². The SMILES string of the molecule is CCc1nc(C(=O)N2Cc3ccc(C(=O)O)cc3C2)n[nH]1. The van der Waals surface area contributed by atoms with Gasteiger partial charge >= 0.3 is 5.97 Å². The second kappa shape index (κ2) is 5.01. The van der Waals surface area contributed by atoms with Gasteiger partial charge in [0.15, 0.2) is 0 Å². The van der Waals surface area contributed by atoms with Crippen LogP contribution in [0.4, 0.5) is 0 Å². The number of carboxylic acids is 1. The maximum Gasteiger partial charge on any atom is 0.335 e. The van der Waals surface area contributed by atoms with Gasteiger partial charge in [-0.15, -0.1) is 5.10 Å². The minimum absolute atomic E-state index is 0.151. The smallest absolute Gasteiger partial charge is 0.335 e. The summed E-state index contributed by atoms with van der Waals surface area (Å²) < 4.78 is 0. The number of aryl methyl sites for hydroxylation is 1. The molecule has 1 aliphatic rings. The van der Waals surface area contributed by atoms with Crippen molar-refractivity contribution in [3.8, 4) is 0 Å². The van der Waals surface area contributed by atoms with Crippen LogP contribution in [-0.4, -0.2) is 37.1 Å². The zero-order valence-corrected chi connectivity index (χ0v) is 11.5. The molecule has 0 aliphatic carbocycles. The molecule has 3 rings (SSSR count). The van der Waals surface area contributed by atoms with E-state index in [4.69, 9.17) is 5.11 Å². The molecule has 1 aliphatic heterocycles. The summed E-state index contributed by atoms with van der Waals surface area (Å²) in [6.07, 6.45) is 0.683. The lowest BCUT2D eigenvalue weighted by Gasteiger charge is -2.12. The second-order valence-corrected chi connectivity index (χ2v) is 4.91. The third-order valence-electron chi connectivity index (χ3n) is 3.52. The first-order chi connectivity index (χ1) is 10.1. The number of amides is 1. The number of hydrogen-bond donors (Lipinski definition) is 2. The van der Waals surface area contributed by atoms with E-state index < -0.39 is 5.97 Å². The number of benzene rings is 1. The molecule has 21 heavy (non-hydrogen) atoms. The zero-order chi connectivity index (χ0) is 15.0. The van der Waals surface area contributed by atoms with E-state index in [1.54, 1.807) is 23.1 Å². The molecule has 1 aromatic heterocycles. The Labute approximate surface area is 120 Å². The second-order valence-electron chi connectivity index (χ2n) is 4.91. The van der Waals surface area contributed by atoms with E-state index in [-0.39, 0.29) is 17.3 Å². The van der Waals surface area contributed by atoms with Crippen molar-refractivity contribution >= 4 is 11.9 Å². The van der Waals surface area contributed by atoms with Gasteiger partial charge in [0.25, 0.3) is 5.91 Å². The molecule has 0 spiro atoms. The minimum atomic E-state index is -0.968. The predicted molar refractivity (Wildman–Crippen MR) is 72.7 cm³/mol. The Morgan fingerprint density at radius 3 is 2.76 bits per heavy atom. The first-order valence-electron chi connectivity index (χ1n) is 6.64. The van der Waals surface area contributed by atoms with Gasteiger partial charge in [0.1, 0.15) is 5.82 Å². The largest absolute Gasteiger partial charge is 0.478 e. The topological polar surface area (TPSA) is 99.2 Å². The Kier molecular flexibility index (Phi) is 3.17. The Morgan fingerprint density at radius 2 is 2.10 bits per heavy atom. The maximum atomic E-state index is 12.3. The number of nitrogens with zero attached hydrogens (tertiary/aromatic N) is 3. The van der Waals surface area contributed by atoms with Gasteiger partial charge in [-0.2, -0.15) is 0 Å². The van der Waals surface area contributed by atoms with Crippen LogP contribution in [0, 0.1) is 0 Å². The zero-order valence-electron chi connectivity index (χ0n) is 11.5. The highest BCUT2D eigenvalue weighted by Crippen LogP contribution is 2.24. The van der Waals surface area contributed by atoms with E-state index in [0.717, 1.165) is 11.1 Å². The van der Waals surface area contributed by atoms with Crippen LogP contribution in [0.2, 0.25) is 0 Å². The molecule has 0 bridgehead atoms. The van der Waals surface area contributed by atoms with Crippen LogP contribution in [0.5, 0.6) is 0 Å². The Hall–Kier alpha value is -2.70. The summed E-state index contributed by atoms with van der Waals surface area (Å²) in [6.45, 7) is 2.75. The quantitative estimate of drug-likeness (QED) is 0.883. The van der Waals surface area contributed by atoms with Crippen LogP contribution in [0.3, 0.4) is 0 Å². The monoisotopic (exact) mass is 286 g/mol. The fraction of sp³-hybridized carbons (Fsp3) is 0.286. The molecule has 1 aromatic carbocycles. The molecule has 108 valence electrons. The molecule has 2 N–H and O–H groups in total. The number of H-pyrrole nitrogens is 1. The van der Waals surface area contributed by atoms with Crippen molar-refractivity contribution in [2.24, 2.45) is 0 Å². The molecule has 2 heterocycles. The molecule has 0 radical (unpaired) electrons. The van der Waals surface area contributed by atoms with Crippen molar-refractivity contribution in [1.82, 2.24) is 20.1 Å². The molecule has 1 amide bonds. The van der Waals surface area contributed by atoms with Gasteiger partial charge < -0.3 is 10.0 Å². The minimum Gasteiger partial charge on any atom is -0.478 e. The van der Waals surface area contributed by atoms with Crippen molar-refractivity contribution in [2.45, 2.75) is 26.4 Å². The number of rotatable bonds is 3. The lowest BCUT2D eigenvalue weighted by molar-refractivity contribution is 0.0696. The van der Waals surface area contributed by atoms with Crippen molar-refractivity contribution < 1.29 is 14.7 Å². The van der Waals surface area contributed by atoms with Crippen molar-refractivity contribution in [3.05, 3.63) is 46.5 Å². The summed E-state index contributed by atoms with van der Waals surface area (Å²) in [5, 5.41) is 15.6. The summed E-state index contributed by atoms with van der Waals surface area (Å²) in [5.41, 5.74) is 2.04. The summed E-state index contributed by atoms with van der Waals surface area (Å²) >= 11 is 0. The van der Waals surface area contributed by atoms with E-state index in [1.165, 1.54) is 0 Å². The van der Waals surface area contributed by atoms with Crippen LogP contribution in [0.1, 0.15) is 44.9 Å². The lowest BCUT2D eigenvalue weighted by Crippen LogP contribution is -2.26. The summed E-state index contributed by atoms with van der Waals surface area (Å²) in [4.78, 5) is 29.0. The number of aromatic nitrogens is 3. The van der Waals surface area contributed by atoms with Gasteiger partial charge in [-0.1, -0.05) is 13.0 Å². The Bertz CT molecular complexity index is 723. The fourth-order valence-electron chi connectivity index (χ4n) is 2.36. The van der Waals surface area contributed by atoms with E-state index in [1.807, 2.05) is 6.92 Å². The molecule has 2 aromatic rings. The highest BCUT2D eigenvalue weighted by molar-refractivity contribution is 5.91. The van der Waals surface area contributed by atoms with E-state index in [9.17, 15) is 9.59 Å². The molecular weight excluding hydrogens is 272 g/mol. The van der Waals surface area contributed by atoms with Crippen LogP contribution in [0.25, 0.3) is 0 Å². The van der Waals surface area contributed by atoms with Gasteiger partial charge in [0, 0.05) is 19.5 Å². The summed E-state index contributed by atoms with van der Waals surface area (Å²) in [5.74, 6) is -0.399. The van der Waals surface area contributed by atoms with Gasteiger partial charge in [-0.3, -0.25) is 9.89 Å². The lowest BCUT2D eigenvalue weighted by atomic mass is 10.1. The van der Waals surface area contributed by atoms with E-state index in [2.05, 4.69) is 15.2 Å². The highest BCUT2D eigenvalue weighted by Gasteiger charge is 2.27. The number of hydrogen-bond acceptors (Lipinski definition) is 4. The number of fused-ring (bicyclic) bond motifs is 1. The standard InChI is InChI=1S/C14H14N4O3/c1-2-11-15-12(17-16-11)13(19)18-6-9-4-3-8(14(20)21)5-10(9)7-18/h3-5H,2,6-7H2,1H3,(H,20,21)(H,15,16,17). The molecule has 0 unspecified atom stereocenters. The predicted octanol–water partition coefficient (Wildman–Crippen LogP) is 1.22. The van der Waals surface area contributed by atoms with Gasteiger partial charge in [0.05, 0.1) is 5.56 Å². The Morgan fingerprint density at radius 1 is 1.33 bits per heavy atom. The van der Waals surface area contributed by atoms with Crippen LogP contribution in [-0.2, 0) is 19.5 Å². The van der Waals surface area contributed by atoms with Crippen molar-refractivity contribution in [3.63, 3.8) is 0 Å². The van der Waals surface area contributed by atoms with Crippen molar-refractivity contribution in [2.75, 3.05) is 0 Å². The van der Waals surface area contributed by atoms with Gasteiger partial charge in [-0.25, -0.2) is 9.78 Å². The normalized spacial score (nSPS) is 13.3. The summed E-state index contributed by atoms with van der Waals surface area (Å²) in [6, 6.07) is 4.92. The third-order valence-corrected chi connectivity index (χ3v) is 3.52. The third kappa shape index (κ3) is 2.37. The molecule has 0 saturated heterocycles. The van der Waals surface area contributed by atoms with E-state index >= 15 is 0 Å². The van der Waals surface area contributed by atoms with Crippen LogP contribution in [0.15, 0.2) is 18.2 Å². The fourth-order valence-corrected chi connectivity index (χ4v) is 2.36. The van der Waals surface area contributed by atoms with Gasteiger partial charge in [0.2, 0.25) is 5.82 Å². The molecule has 0 saturated carbocycles. The average Bonchev–Trinajstić information content (AvgIpc) is 3.11. The number of carbonyl (C=O) groups excluding carboxylic acids is 1. The first kappa shape index (κ1) is 13.3. The molecule has 7 nitrogen and oxygen atoms in total. The number of nitrogens with one attached hydrogen (secondary N) is 1. The molecule has 7 heteroatoms. The first-order valence-corrected chi connectivity index (χ1v) is 6.64. The summed E-state index contributed by atoms with van der Waals surface area (Å²) in [7, 11) is 0. The van der Waals surface area contributed by atoms with Crippen LogP contribution >= 0.6 is 0 Å². The molecule has 0 atom stereocenters. The van der Waals surface area contributed by atoms with Gasteiger partial charge in [-0.05, 0) is 23.3 Å².